The third-order valence-corrected chi connectivity index (χ3v) is 3.41. The standard InChI is InChI=1S/C12H18BrClN2/c1-15(2)6-7-16(3)12-5-4-10(9-13)8-11(12)14/h4-5,8H,6-7,9H2,1-3H3. The van der Waals surface area contributed by atoms with E-state index in [-0.39, 0.29) is 0 Å². The molecule has 0 aromatic heterocycles. The number of benzene rings is 1. The summed E-state index contributed by atoms with van der Waals surface area (Å²) in [6, 6.07) is 6.19. The summed E-state index contributed by atoms with van der Waals surface area (Å²) in [5, 5.41) is 1.66. The van der Waals surface area contributed by atoms with Crippen LogP contribution in [0.2, 0.25) is 5.02 Å². The molecule has 0 N–H and O–H groups in total. The van der Waals surface area contributed by atoms with E-state index in [4.69, 9.17) is 11.6 Å². The van der Waals surface area contributed by atoms with Crippen molar-refractivity contribution >= 4 is 33.2 Å². The molecule has 0 unspecified atom stereocenters. The summed E-state index contributed by atoms with van der Waals surface area (Å²) in [5.41, 5.74) is 2.29. The Morgan fingerprint density at radius 3 is 2.38 bits per heavy atom. The Balaban J connectivity index is 2.71. The van der Waals surface area contributed by atoms with Crippen LogP contribution in [0.3, 0.4) is 0 Å². The van der Waals surface area contributed by atoms with Crippen molar-refractivity contribution in [1.82, 2.24) is 4.90 Å². The number of nitrogens with zero attached hydrogens (tertiary/aromatic N) is 2. The van der Waals surface area contributed by atoms with Crippen molar-refractivity contribution in [3.8, 4) is 0 Å². The Bertz CT molecular complexity index is 342. The number of hydrogen-bond donors (Lipinski definition) is 0. The van der Waals surface area contributed by atoms with Crippen molar-refractivity contribution in [1.29, 1.82) is 0 Å². The smallest absolute Gasteiger partial charge is 0.0642 e. The average molecular weight is 306 g/mol. The van der Waals surface area contributed by atoms with Crippen LogP contribution in [0, 0.1) is 0 Å². The molecule has 1 aromatic carbocycles. The molecule has 0 spiro atoms. The molecule has 0 saturated heterocycles. The number of halogens is 2. The van der Waals surface area contributed by atoms with E-state index >= 15 is 0 Å². The Labute approximate surface area is 111 Å². The first kappa shape index (κ1) is 13.8. The van der Waals surface area contributed by atoms with Crippen LogP contribution in [0.4, 0.5) is 5.69 Å². The quantitative estimate of drug-likeness (QED) is 0.771. The van der Waals surface area contributed by atoms with Crippen molar-refractivity contribution in [3.63, 3.8) is 0 Å². The highest BCUT2D eigenvalue weighted by molar-refractivity contribution is 9.08. The minimum absolute atomic E-state index is 0.818. The van der Waals surface area contributed by atoms with Crippen LogP contribution < -0.4 is 4.90 Å². The fourth-order valence-corrected chi connectivity index (χ4v) is 2.11. The lowest BCUT2D eigenvalue weighted by Crippen LogP contribution is -2.28. The minimum atomic E-state index is 0.818. The van der Waals surface area contributed by atoms with Gasteiger partial charge in [0, 0.05) is 25.5 Å². The van der Waals surface area contributed by atoms with Gasteiger partial charge >= 0.3 is 0 Å². The first-order chi connectivity index (χ1) is 7.54. The molecule has 1 rings (SSSR count). The lowest BCUT2D eigenvalue weighted by Gasteiger charge is -2.22. The fourth-order valence-electron chi connectivity index (χ4n) is 1.41. The Kier molecular flexibility index (Phi) is 5.59. The van der Waals surface area contributed by atoms with Crippen LogP contribution in [0.1, 0.15) is 5.56 Å². The first-order valence-electron chi connectivity index (χ1n) is 5.25. The van der Waals surface area contributed by atoms with Crippen molar-refractivity contribution in [2.45, 2.75) is 5.33 Å². The second kappa shape index (κ2) is 6.48. The lowest BCUT2D eigenvalue weighted by molar-refractivity contribution is 0.416. The van der Waals surface area contributed by atoms with Gasteiger partial charge in [0.25, 0.3) is 0 Å². The molecule has 0 aliphatic carbocycles. The highest BCUT2D eigenvalue weighted by Crippen LogP contribution is 2.26. The lowest BCUT2D eigenvalue weighted by atomic mass is 10.2. The number of rotatable bonds is 5. The predicted octanol–water partition coefficient (Wildman–Crippen LogP) is 3.23. The second-order valence-corrected chi connectivity index (χ2v) is 5.11. The number of alkyl halides is 1. The number of hydrogen-bond acceptors (Lipinski definition) is 2. The molecule has 90 valence electrons. The highest BCUT2D eigenvalue weighted by atomic mass is 79.9. The van der Waals surface area contributed by atoms with Gasteiger partial charge in [-0.05, 0) is 31.8 Å². The van der Waals surface area contributed by atoms with Crippen molar-refractivity contribution < 1.29 is 0 Å². The Hall–Kier alpha value is -0.250. The average Bonchev–Trinajstić information content (AvgIpc) is 2.25. The van der Waals surface area contributed by atoms with Crippen LogP contribution in [0.5, 0.6) is 0 Å². The molecule has 0 fully saturated rings. The maximum atomic E-state index is 6.24. The van der Waals surface area contributed by atoms with Gasteiger partial charge in [0.15, 0.2) is 0 Å². The molecule has 0 bridgehead atoms. The van der Waals surface area contributed by atoms with Crippen LogP contribution in [-0.2, 0) is 5.33 Å². The van der Waals surface area contributed by atoms with E-state index in [1.807, 2.05) is 6.07 Å². The van der Waals surface area contributed by atoms with Crippen LogP contribution >= 0.6 is 27.5 Å². The van der Waals surface area contributed by atoms with E-state index in [2.05, 4.69) is 59.0 Å². The van der Waals surface area contributed by atoms with E-state index in [0.29, 0.717) is 0 Å². The van der Waals surface area contributed by atoms with Gasteiger partial charge in [0.1, 0.15) is 0 Å². The van der Waals surface area contributed by atoms with Gasteiger partial charge in [-0.2, -0.15) is 0 Å². The zero-order valence-corrected chi connectivity index (χ0v) is 12.3. The maximum absolute atomic E-state index is 6.24. The second-order valence-electron chi connectivity index (χ2n) is 4.14. The van der Waals surface area contributed by atoms with Gasteiger partial charge in [-0.25, -0.2) is 0 Å². The molecule has 16 heavy (non-hydrogen) atoms. The molecule has 0 amide bonds. The van der Waals surface area contributed by atoms with E-state index in [9.17, 15) is 0 Å². The first-order valence-corrected chi connectivity index (χ1v) is 6.74. The zero-order valence-electron chi connectivity index (χ0n) is 10.0. The van der Waals surface area contributed by atoms with E-state index in [1.165, 1.54) is 5.56 Å². The molecule has 4 heteroatoms. The minimum Gasteiger partial charge on any atom is -0.372 e. The van der Waals surface area contributed by atoms with Crippen LogP contribution in [0.25, 0.3) is 0 Å². The molecule has 1 aromatic rings. The summed E-state index contributed by atoms with van der Waals surface area (Å²) in [6.45, 7) is 1.99. The van der Waals surface area contributed by atoms with E-state index in [1.54, 1.807) is 0 Å². The molecular formula is C12H18BrClN2. The van der Waals surface area contributed by atoms with Crippen molar-refractivity contribution in [3.05, 3.63) is 28.8 Å². The normalized spacial score (nSPS) is 10.9. The number of anilines is 1. The molecule has 0 aliphatic heterocycles. The van der Waals surface area contributed by atoms with Crippen molar-refractivity contribution in [2.75, 3.05) is 39.1 Å². The summed E-state index contributed by atoms with van der Waals surface area (Å²) in [6.07, 6.45) is 0. The third-order valence-electron chi connectivity index (χ3n) is 2.46. The fraction of sp³-hybridized carbons (Fsp3) is 0.500. The van der Waals surface area contributed by atoms with Gasteiger partial charge in [0.05, 0.1) is 10.7 Å². The van der Waals surface area contributed by atoms with Gasteiger partial charge in [-0.1, -0.05) is 33.6 Å². The molecule has 0 saturated carbocycles. The highest BCUT2D eigenvalue weighted by Gasteiger charge is 2.06. The predicted molar refractivity (Wildman–Crippen MR) is 75.9 cm³/mol. The summed E-state index contributed by atoms with van der Waals surface area (Å²) in [4.78, 5) is 4.34. The van der Waals surface area contributed by atoms with Crippen molar-refractivity contribution in [2.24, 2.45) is 0 Å². The molecule has 2 nitrogen and oxygen atoms in total. The maximum Gasteiger partial charge on any atom is 0.0642 e. The van der Waals surface area contributed by atoms with E-state index < -0.39 is 0 Å². The molecule has 0 radical (unpaired) electrons. The Morgan fingerprint density at radius 2 is 1.88 bits per heavy atom. The van der Waals surface area contributed by atoms with Gasteiger partial charge in [-0.3, -0.25) is 0 Å². The largest absolute Gasteiger partial charge is 0.372 e. The zero-order chi connectivity index (χ0) is 12.1. The SMILES string of the molecule is CN(C)CCN(C)c1ccc(CBr)cc1Cl. The molecule has 0 atom stereocenters. The van der Waals surface area contributed by atoms with Crippen LogP contribution in [-0.4, -0.2) is 39.1 Å². The third kappa shape index (κ3) is 3.96. The molecular weight excluding hydrogens is 288 g/mol. The topological polar surface area (TPSA) is 6.48 Å². The van der Waals surface area contributed by atoms with Crippen LogP contribution in [0.15, 0.2) is 18.2 Å². The van der Waals surface area contributed by atoms with E-state index in [0.717, 1.165) is 29.1 Å². The summed E-state index contributed by atoms with van der Waals surface area (Å²) in [5.74, 6) is 0. The van der Waals surface area contributed by atoms with Gasteiger partial charge < -0.3 is 9.80 Å². The number of likely N-dealkylation sites (N-methyl/N-ethyl adjacent to an activating group) is 2. The summed E-state index contributed by atoms with van der Waals surface area (Å²) in [7, 11) is 6.21. The molecule has 0 aliphatic rings. The summed E-state index contributed by atoms with van der Waals surface area (Å²) >= 11 is 9.67. The monoisotopic (exact) mass is 304 g/mol. The summed E-state index contributed by atoms with van der Waals surface area (Å²) < 4.78 is 0. The molecule has 0 heterocycles. The van der Waals surface area contributed by atoms with Gasteiger partial charge in [0.2, 0.25) is 0 Å². The van der Waals surface area contributed by atoms with Gasteiger partial charge in [-0.15, -0.1) is 0 Å². The Morgan fingerprint density at radius 1 is 1.19 bits per heavy atom.